The summed E-state index contributed by atoms with van der Waals surface area (Å²) in [6.07, 6.45) is -1.50. The van der Waals surface area contributed by atoms with Gasteiger partial charge < -0.3 is 15.5 Å². The van der Waals surface area contributed by atoms with Crippen molar-refractivity contribution in [2.75, 3.05) is 29.1 Å². The number of halogens is 4. The lowest BCUT2D eigenvalue weighted by molar-refractivity contribution is -0.137. The van der Waals surface area contributed by atoms with Crippen LogP contribution >= 0.6 is 23.4 Å². The number of hydrogen-bond donors (Lipinski definition) is 2. The van der Waals surface area contributed by atoms with Crippen molar-refractivity contribution in [2.24, 2.45) is 0 Å². The maximum atomic E-state index is 14.0. The number of nitrogens with one attached hydrogen (secondary N) is 2. The Bertz CT molecular complexity index is 1310. The Morgan fingerprint density at radius 3 is 2.51 bits per heavy atom. The van der Waals surface area contributed by atoms with E-state index in [-0.39, 0.29) is 40.8 Å². The lowest BCUT2D eigenvalue weighted by Crippen LogP contribution is -2.55. The molecule has 0 bridgehead atoms. The van der Waals surface area contributed by atoms with Gasteiger partial charge in [0.15, 0.2) is 0 Å². The van der Waals surface area contributed by atoms with E-state index in [1.165, 1.54) is 16.3 Å². The number of piperazine rings is 1. The standard InChI is InChI=1S/C22H23ClF3N7OS/c1-11-7-32(8-12(2)29-11)19-14-6-15(22(24,25)26)16(23)18-17(14)33(21(34)31-19)9-13(10-35-18)30-20-27-4-3-5-28-20/h3-6,11-13,29H,7-10H2,1-2H3,(H,27,28,30)/t11-,12+,13-/m0/s1. The normalized spacial score (nSPS) is 22.8. The number of nitrogens with zero attached hydrogens (tertiary/aromatic N) is 5. The van der Waals surface area contributed by atoms with Gasteiger partial charge in [-0.3, -0.25) is 4.57 Å². The van der Waals surface area contributed by atoms with Gasteiger partial charge in [-0.15, -0.1) is 11.8 Å². The van der Waals surface area contributed by atoms with Gasteiger partial charge in [-0.05, 0) is 26.0 Å². The van der Waals surface area contributed by atoms with Crippen molar-refractivity contribution in [1.29, 1.82) is 0 Å². The van der Waals surface area contributed by atoms with Crippen LogP contribution in [0.5, 0.6) is 0 Å². The van der Waals surface area contributed by atoms with E-state index in [1.54, 1.807) is 18.5 Å². The summed E-state index contributed by atoms with van der Waals surface area (Å²) in [7, 11) is 0. The summed E-state index contributed by atoms with van der Waals surface area (Å²) in [4.78, 5) is 28.0. The molecule has 2 aliphatic heterocycles. The van der Waals surface area contributed by atoms with Crippen molar-refractivity contribution in [3.05, 3.63) is 45.6 Å². The molecule has 0 aliphatic carbocycles. The smallest absolute Gasteiger partial charge is 0.353 e. The van der Waals surface area contributed by atoms with Crippen LogP contribution < -0.4 is 21.2 Å². The first-order valence-electron chi connectivity index (χ1n) is 11.1. The first-order chi connectivity index (χ1) is 16.6. The van der Waals surface area contributed by atoms with Crippen molar-refractivity contribution >= 4 is 46.0 Å². The molecule has 1 aromatic carbocycles. The molecule has 8 nitrogen and oxygen atoms in total. The highest BCUT2D eigenvalue weighted by atomic mass is 35.5. The minimum absolute atomic E-state index is 0.0800. The number of benzene rings is 1. The lowest BCUT2D eigenvalue weighted by Gasteiger charge is -2.37. The fourth-order valence-electron chi connectivity index (χ4n) is 4.72. The first-order valence-corrected chi connectivity index (χ1v) is 12.5. The number of anilines is 2. The minimum atomic E-state index is -4.66. The van der Waals surface area contributed by atoms with Gasteiger partial charge in [0.2, 0.25) is 5.95 Å². The van der Waals surface area contributed by atoms with Crippen LogP contribution in [0.1, 0.15) is 19.4 Å². The largest absolute Gasteiger partial charge is 0.417 e. The van der Waals surface area contributed by atoms with Gasteiger partial charge in [0.05, 0.1) is 27.0 Å². The van der Waals surface area contributed by atoms with Crippen LogP contribution in [-0.4, -0.2) is 56.5 Å². The molecule has 0 amide bonds. The highest BCUT2D eigenvalue weighted by Crippen LogP contribution is 2.46. The second-order valence-electron chi connectivity index (χ2n) is 8.89. The number of aromatic nitrogens is 4. The molecule has 35 heavy (non-hydrogen) atoms. The van der Waals surface area contributed by atoms with E-state index < -0.39 is 22.5 Å². The molecule has 4 heterocycles. The quantitative estimate of drug-likeness (QED) is 0.536. The van der Waals surface area contributed by atoms with Gasteiger partial charge in [0.25, 0.3) is 0 Å². The van der Waals surface area contributed by atoms with Crippen molar-refractivity contribution in [2.45, 2.75) is 49.6 Å². The van der Waals surface area contributed by atoms with Crippen molar-refractivity contribution in [1.82, 2.24) is 24.8 Å². The molecule has 3 aromatic rings. The van der Waals surface area contributed by atoms with Crippen LogP contribution in [0.25, 0.3) is 10.9 Å². The predicted molar refractivity (Wildman–Crippen MR) is 130 cm³/mol. The molecule has 186 valence electrons. The highest BCUT2D eigenvalue weighted by Gasteiger charge is 2.38. The molecule has 1 fully saturated rings. The first kappa shape index (κ1) is 24.1. The maximum Gasteiger partial charge on any atom is 0.417 e. The summed E-state index contributed by atoms with van der Waals surface area (Å²) >= 11 is 7.53. The zero-order valence-electron chi connectivity index (χ0n) is 18.9. The monoisotopic (exact) mass is 525 g/mol. The molecule has 0 radical (unpaired) electrons. The molecular weight excluding hydrogens is 503 g/mol. The number of rotatable bonds is 3. The van der Waals surface area contributed by atoms with Crippen LogP contribution in [0, 0.1) is 0 Å². The molecule has 0 saturated carbocycles. The van der Waals surface area contributed by atoms with E-state index in [1.807, 2.05) is 18.7 Å². The summed E-state index contributed by atoms with van der Waals surface area (Å²) in [5, 5.41) is 6.42. The van der Waals surface area contributed by atoms with Crippen LogP contribution in [0.3, 0.4) is 0 Å². The van der Waals surface area contributed by atoms with Gasteiger partial charge >= 0.3 is 11.9 Å². The van der Waals surface area contributed by atoms with Crippen LogP contribution in [0.4, 0.5) is 24.9 Å². The molecule has 0 unspecified atom stereocenters. The Kier molecular flexibility index (Phi) is 6.30. The third-order valence-electron chi connectivity index (χ3n) is 6.03. The lowest BCUT2D eigenvalue weighted by atomic mass is 10.1. The zero-order valence-corrected chi connectivity index (χ0v) is 20.5. The van der Waals surface area contributed by atoms with Gasteiger partial charge in [0.1, 0.15) is 5.82 Å². The molecule has 5 rings (SSSR count). The van der Waals surface area contributed by atoms with Gasteiger partial charge in [-0.2, -0.15) is 18.2 Å². The Morgan fingerprint density at radius 1 is 1.17 bits per heavy atom. The highest BCUT2D eigenvalue weighted by molar-refractivity contribution is 7.99. The van der Waals surface area contributed by atoms with E-state index in [0.717, 1.165) is 6.07 Å². The minimum Gasteiger partial charge on any atom is -0.353 e. The predicted octanol–water partition coefficient (Wildman–Crippen LogP) is 3.63. The molecule has 2 aromatic heterocycles. The average Bonchev–Trinajstić information content (AvgIpc) is 2.98. The summed E-state index contributed by atoms with van der Waals surface area (Å²) < 4.78 is 43.5. The van der Waals surface area contributed by atoms with Gasteiger partial charge in [0, 0.05) is 55.3 Å². The number of alkyl halides is 3. The van der Waals surface area contributed by atoms with E-state index in [4.69, 9.17) is 11.6 Å². The van der Waals surface area contributed by atoms with Crippen molar-refractivity contribution in [3.8, 4) is 0 Å². The third kappa shape index (κ3) is 4.66. The number of thioether (sulfide) groups is 1. The van der Waals surface area contributed by atoms with Crippen LogP contribution in [-0.2, 0) is 12.7 Å². The summed E-state index contributed by atoms with van der Waals surface area (Å²) in [6.45, 7) is 5.18. The van der Waals surface area contributed by atoms with E-state index in [2.05, 4.69) is 25.6 Å². The van der Waals surface area contributed by atoms with Gasteiger partial charge in [-0.25, -0.2) is 14.8 Å². The van der Waals surface area contributed by atoms with E-state index in [0.29, 0.717) is 30.3 Å². The van der Waals surface area contributed by atoms with Crippen LogP contribution in [0.15, 0.2) is 34.2 Å². The Labute approximate surface area is 208 Å². The average molecular weight is 526 g/mol. The fraction of sp³-hybridized carbons (Fsp3) is 0.455. The Balaban J connectivity index is 1.69. The maximum absolute atomic E-state index is 14.0. The van der Waals surface area contributed by atoms with Gasteiger partial charge in [-0.1, -0.05) is 11.6 Å². The fourth-order valence-corrected chi connectivity index (χ4v) is 6.28. The molecule has 1 saturated heterocycles. The van der Waals surface area contributed by atoms with E-state index in [9.17, 15) is 18.0 Å². The van der Waals surface area contributed by atoms with Crippen LogP contribution in [0.2, 0.25) is 5.02 Å². The third-order valence-corrected chi connectivity index (χ3v) is 7.79. The molecule has 2 N–H and O–H groups in total. The molecule has 13 heteroatoms. The molecule has 3 atom stereocenters. The SMILES string of the molecule is C[C@@H]1CN(c2nc(=O)n3c4c(c(Cl)c(C(F)(F)F)cc24)SC[C@@H](Nc2ncccn2)C3)C[C@H](C)N1. The summed E-state index contributed by atoms with van der Waals surface area (Å²) in [5.74, 6) is 0.971. The summed E-state index contributed by atoms with van der Waals surface area (Å²) in [6, 6.07) is 2.53. The zero-order chi connectivity index (χ0) is 24.9. The van der Waals surface area contributed by atoms with Crippen molar-refractivity contribution in [3.63, 3.8) is 0 Å². The Morgan fingerprint density at radius 2 is 1.86 bits per heavy atom. The molecule has 0 spiro atoms. The second kappa shape index (κ2) is 9.14. The summed E-state index contributed by atoms with van der Waals surface area (Å²) in [5.41, 5.74) is -1.09. The van der Waals surface area contributed by atoms with Crippen molar-refractivity contribution < 1.29 is 13.2 Å². The molecule has 2 aliphatic rings. The van der Waals surface area contributed by atoms with E-state index >= 15 is 0 Å². The second-order valence-corrected chi connectivity index (χ2v) is 10.3. The topological polar surface area (TPSA) is 88.0 Å². The Hall–Kier alpha value is -2.57. The molecular formula is C22H23ClF3N7OS. The number of hydrogen-bond acceptors (Lipinski definition) is 8.